The van der Waals surface area contributed by atoms with Gasteiger partial charge < -0.3 is 5.32 Å². The number of hydrogen-bond acceptors (Lipinski definition) is 3. The van der Waals surface area contributed by atoms with Crippen molar-refractivity contribution in [2.24, 2.45) is 5.14 Å². The molecule has 3 N–H and O–H groups in total. The van der Waals surface area contributed by atoms with Gasteiger partial charge in [-0.1, -0.05) is 17.7 Å². The summed E-state index contributed by atoms with van der Waals surface area (Å²) in [5.74, 6) is -0.544. The van der Waals surface area contributed by atoms with Crippen molar-refractivity contribution in [3.63, 3.8) is 0 Å². The van der Waals surface area contributed by atoms with Crippen molar-refractivity contribution >= 4 is 27.3 Å². The van der Waals surface area contributed by atoms with Crippen LogP contribution in [0.4, 0.5) is 23.2 Å². The van der Waals surface area contributed by atoms with Crippen molar-refractivity contribution in [1.82, 2.24) is 0 Å². The summed E-state index contributed by atoms with van der Waals surface area (Å²) in [6.07, 6.45) is -4.91. The number of halogens is 5. The molecule has 4 nitrogen and oxygen atoms in total. The van der Waals surface area contributed by atoms with Crippen molar-refractivity contribution in [2.45, 2.75) is 24.0 Å². The fraction of sp³-hybridized carbons (Fsp3) is 0.200. The minimum Gasteiger partial charge on any atom is -0.378 e. The Morgan fingerprint density at radius 2 is 1.80 bits per heavy atom. The van der Waals surface area contributed by atoms with E-state index < -0.39 is 38.5 Å². The Balaban J connectivity index is 2.40. The van der Waals surface area contributed by atoms with E-state index in [0.717, 1.165) is 18.2 Å². The van der Waals surface area contributed by atoms with Gasteiger partial charge in [-0.05, 0) is 42.8 Å². The second-order valence-corrected chi connectivity index (χ2v) is 7.22. The van der Waals surface area contributed by atoms with Gasteiger partial charge in [0.2, 0.25) is 10.0 Å². The highest BCUT2D eigenvalue weighted by molar-refractivity contribution is 7.89. The van der Waals surface area contributed by atoms with E-state index in [0.29, 0.717) is 11.6 Å². The molecular formula is C15H13ClF4N2O2S. The Labute approximate surface area is 146 Å². The van der Waals surface area contributed by atoms with E-state index in [1.807, 2.05) is 0 Å². The first-order valence-electron chi connectivity index (χ1n) is 6.85. The van der Waals surface area contributed by atoms with Gasteiger partial charge in [0, 0.05) is 16.8 Å². The van der Waals surface area contributed by atoms with Crippen molar-refractivity contribution in [3.05, 3.63) is 58.4 Å². The molecule has 0 bridgehead atoms. The third-order valence-electron chi connectivity index (χ3n) is 3.40. The Morgan fingerprint density at radius 1 is 1.16 bits per heavy atom. The molecule has 10 heteroatoms. The molecule has 0 spiro atoms. The summed E-state index contributed by atoms with van der Waals surface area (Å²) in [6, 6.07) is 5.68. The molecule has 0 aliphatic heterocycles. The molecule has 2 aromatic rings. The number of alkyl halides is 3. The fourth-order valence-electron chi connectivity index (χ4n) is 2.27. The lowest BCUT2D eigenvalue weighted by Gasteiger charge is -2.19. The Kier molecular flexibility index (Phi) is 5.31. The molecule has 0 aliphatic rings. The third-order valence-corrected chi connectivity index (χ3v) is 4.70. The van der Waals surface area contributed by atoms with Crippen LogP contribution in [0, 0.1) is 5.82 Å². The van der Waals surface area contributed by atoms with Gasteiger partial charge >= 0.3 is 6.18 Å². The van der Waals surface area contributed by atoms with Crippen LogP contribution < -0.4 is 10.5 Å². The summed E-state index contributed by atoms with van der Waals surface area (Å²) in [5, 5.41) is 7.71. The van der Waals surface area contributed by atoms with Gasteiger partial charge in [-0.3, -0.25) is 0 Å². The molecule has 0 radical (unpaired) electrons. The number of rotatable bonds is 4. The van der Waals surface area contributed by atoms with Crippen molar-refractivity contribution in [3.8, 4) is 0 Å². The maximum absolute atomic E-state index is 13.1. The molecule has 0 saturated heterocycles. The predicted octanol–water partition coefficient (Wildman–Crippen LogP) is 4.32. The van der Waals surface area contributed by atoms with Crippen LogP contribution in [-0.2, 0) is 16.2 Å². The van der Waals surface area contributed by atoms with Crippen LogP contribution in [0.2, 0.25) is 5.02 Å². The summed E-state index contributed by atoms with van der Waals surface area (Å²) in [4.78, 5) is -1.02. The lowest BCUT2D eigenvalue weighted by Crippen LogP contribution is -2.19. The molecule has 1 unspecified atom stereocenters. The van der Waals surface area contributed by atoms with E-state index in [9.17, 15) is 26.0 Å². The number of sulfonamides is 1. The SMILES string of the molecule is CC(Nc1ccc(S(N)(=O)=O)c(C(F)(F)F)c1)c1ccc(F)cc1Cl. The van der Waals surface area contributed by atoms with Gasteiger partial charge in [0.1, 0.15) is 5.82 Å². The number of benzene rings is 2. The van der Waals surface area contributed by atoms with Crippen LogP contribution in [0.3, 0.4) is 0 Å². The van der Waals surface area contributed by atoms with Crippen LogP contribution >= 0.6 is 11.6 Å². The highest BCUT2D eigenvalue weighted by atomic mass is 35.5. The van der Waals surface area contributed by atoms with Crippen LogP contribution in [0.25, 0.3) is 0 Å². The first-order chi connectivity index (χ1) is 11.4. The number of nitrogens with two attached hydrogens (primary N) is 1. The van der Waals surface area contributed by atoms with Gasteiger partial charge in [-0.2, -0.15) is 13.2 Å². The maximum Gasteiger partial charge on any atom is 0.417 e. The summed E-state index contributed by atoms with van der Waals surface area (Å²) in [6.45, 7) is 1.61. The predicted molar refractivity (Wildman–Crippen MR) is 86.3 cm³/mol. The Bertz CT molecular complexity index is 901. The zero-order valence-corrected chi connectivity index (χ0v) is 14.3. The minimum absolute atomic E-state index is 0.00705. The molecule has 2 aromatic carbocycles. The van der Waals surface area contributed by atoms with E-state index in [-0.39, 0.29) is 10.7 Å². The molecule has 0 aromatic heterocycles. The van der Waals surface area contributed by atoms with E-state index in [1.165, 1.54) is 12.1 Å². The highest BCUT2D eigenvalue weighted by Gasteiger charge is 2.36. The molecule has 0 heterocycles. The van der Waals surface area contributed by atoms with Gasteiger partial charge in [-0.15, -0.1) is 0 Å². The summed E-state index contributed by atoms with van der Waals surface area (Å²) in [5.41, 5.74) is -0.905. The molecule has 0 fully saturated rings. The number of anilines is 1. The quantitative estimate of drug-likeness (QED) is 0.756. The molecule has 25 heavy (non-hydrogen) atoms. The average molecular weight is 397 g/mol. The van der Waals surface area contributed by atoms with Crippen LogP contribution in [-0.4, -0.2) is 8.42 Å². The molecule has 0 amide bonds. The third kappa shape index (κ3) is 4.62. The Morgan fingerprint density at radius 3 is 2.32 bits per heavy atom. The zero-order chi connectivity index (χ0) is 19.0. The minimum atomic E-state index is -4.91. The Hall–Kier alpha value is -1.84. The fourth-order valence-corrected chi connectivity index (χ4v) is 3.34. The van der Waals surface area contributed by atoms with Crippen LogP contribution in [0.1, 0.15) is 24.1 Å². The molecule has 1 atom stereocenters. The largest absolute Gasteiger partial charge is 0.417 e. The van der Waals surface area contributed by atoms with Crippen molar-refractivity contribution in [2.75, 3.05) is 5.32 Å². The smallest absolute Gasteiger partial charge is 0.378 e. The van der Waals surface area contributed by atoms with E-state index in [4.69, 9.17) is 16.7 Å². The van der Waals surface area contributed by atoms with Gasteiger partial charge in [0.05, 0.1) is 10.5 Å². The van der Waals surface area contributed by atoms with Gasteiger partial charge in [0.15, 0.2) is 0 Å². The summed E-state index contributed by atoms with van der Waals surface area (Å²) in [7, 11) is -4.54. The topological polar surface area (TPSA) is 72.2 Å². The highest BCUT2D eigenvalue weighted by Crippen LogP contribution is 2.36. The van der Waals surface area contributed by atoms with Crippen molar-refractivity contribution < 1.29 is 26.0 Å². The lowest BCUT2D eigenvalue weighted by atomic mass is 10.1. The standard InChI is InChI=1S/C15H13ClF4N2O2S/c1-8(11-4-2-9(17)6-13(11)16)22-10-3-5-14(25(21,23)24)12(7-10)15(18,19)20/h2-8,22H,1H3,(H2,21,23,24). The molecular weight excluding hydrogens is 384 g/mol. The molecule has 136 valence electrons. The molecule has 0 aliphatic carbocycles. The van der Waals surface area contributed by atoms with Gasteiger partial charge in [-0.25, -0.2) is 17.9 Å². The molecule has 0 saturated carbocycles. The number of nitrogens with one attached hydrogen (secondary N) is 1. The molecule has 2 rings (SSSR count). The summed E-state index contributed by atoms with van der Waals surface area (Å²) >= 11 is 5.92. The van der Waals surface area contributed by atoms with Crippen LogP contribution in [0.15, 0.2) is 41.3 Å². The number of primary sulfonamides is 1. The van der Waals surface area contributed by atoms with E-state index in [2.05, 4.69) is 5.32 Å². The average Bonchev–Trinajstić information content (AvgIpc) is 2.44. The van der Waals surface area contributed by atoms with Crippen molar-refractivity contribution in [1.29, 1.82) is 0 Å². The summed E-state index contributed by atoms with van der Waals surface area (Å²) < 4.78 is 75.1. The second-order valence-electron chi connectivity index (χ2n) is 5.29. The first kappa shape index (κ1) is 19.5. The lowest BCUT2D eigenvalue weighted by molar-refractivity contribution is -0.139. The van der Waals surface area contributed by atoms with Gasteiger partial charge in [0.25, 0.3) is 0 Å². The van der Waals surface area contributed by atoms with E-state index in [1.54, 1.807) is 6.92 Å². The zero-order valence-electron chi connectivity index (χ0n) is 12.7. The van der Waals surface area contributed by atoms with E-state index >= 15 is 0 Å². The second kappa shape index (κ2) is 6.81. The maximum atomic E-state index is 13.1. The number of hydrogen-bond donors (Lipinski definition) is 2. The monoisotopic (exact) mass is 396 g/mol. The normalized spacial score (nSPS) is 13.6. The van der Waals surface area contributed by atoms with Crippen LogP contribution in [0.5, 0.6) is 0 Å². The first-order valence-corrected chi connectivity index (χ1v) is 8.77.